The number of aromatic nitrogens is 4. The summed E-state index contributed by atoms with van der Waals surface area (Å²) >= 11 is 6.05. The first-order valence-electron chi connectivity index (χ1n) is 13.0. The molecule has 1 atom stereocenters. The molecule has 1 aliphatic carbocycles. The van der Waals surface area contributed by atoms with Crippen LogP contribution in [-0.4, -0.2) is 55.5 Å². The standard InChI is InChI=1S/C28H28ClN5O5S/c1-16-4-5-19(22(13-25(35)36)21-8-11-34-18(3)31-32-26(34)17(21)2)12-20(16)14-33-15-28(9-10-28)39-27-23(40(33,37)38)6-7-24(29)30-27/h4-8,11-12,22H,9-10,13-15H2,1-3H3,(H,35,36)/t22-/m0/s1. The first kappa shape index (κ1) is 26.7. The molecule has 208 valence electrons. The van der Waals surface area contributed by atoms with E-state index in [2.05, 4.69) is 15.2 Å². The van der Waals surface area contributed by atoms with E-state index in [0.29, 0.717) is 5.65 Å². The van der Waals surface area contributed by atoms with Crippen LogP contribution in [0.15, 0.2) is 47.5 Å². The maximum absolute atomic E-state index is 13.8. The van der Waals surface area contributed by atoms with Gasteiger partial charge in [-0.1, -0.05) is 29.8 Å². The summed E-state index contributed by atoms with van der Waals surface area (Å²) < 4.78 is 37.0. The molecule has 0 radical (unpaired) electrons. The maximum Gasteiger partial charge on any atom is 0.304 e. The van der Waals surface area contributed by atoms with Crippen LogP contribution in [-0.2, 0) is 21.4 Å². The van der Waals surface area contributed by atoms with E-state index in [4.69, 9.17) is 16.3 Å². The van der Waals surface area contributed by atoms with Gasteiger partial charge in [0.15, 0.2) is 5.65 Å². The van der Waals surface area contributed by atoms with E-state index in [-0.39, 0.29) is 35.4 Å². The lowest BCUT2D eigenvalue weighted by atomic mass is 9.85. The number of aryl methyl sites for hydroxylation is 3. The van der Waals surface area contributed by atoms with Crippen LogP contribution in [0.2, 0.25) is 5.15 Å². The SMILES string of the molecule is Cc1ccc([C@H](CC(=O)O)c2ccn3c(C)nnc3c2C)cc1CN1CC2(CC2)Oc2nc(Cl)ccc2S1(=O)=O. The molecule has 6 rings (SSSR count). The van der Waals surface area contributed by atoms with E-state index in [1.807, 2.05) is 55.6 Å². The van der Waals surface area contributed by atoms with Crippen LogP contribution >= 0.6 is 11.6 Å². The monoisotopic (exact) mass is 581 g/mol. The predicted octanol–water partition coefficient (Wildman–Crippen LogP) is 4.43. The molecule has 0 amide bonds. The Balaban J connectivity index is 1.40. The molecule has 4 aromatic rings. The fourth-order valence-electron chi connectivity index (χ4n) is 5.44. The van der Waals surface area contributed by atoms with Gasteiger partial charge in [-0.25, -0.2) is 13.4 Å². The van der Waals surface area contributed by atoms with Crippen molar-refractivity contribution in [1.82, 2.24) is 23.9 Å². The first-order valence-corrected chi connectivity index (χ1v) is 14.8. The molecular formula is C28H28ClN5O5S. The molecule has 1 aromatic carbocycles. The van der Waals surface area contributed by atoms with Crippen LogP contribution in [0.4, 0.5) is 0 Å². The van der Waals surface area contributed by atoms with Gasteiger partial charge in [0.25, 0.3) is 0 Å². The number of halogens is 1. The molecule has 40 heavy (non-hydrogen) atoms. The molecule has 1 spiro atoms. The Morgan fingerprint density at radius 2 is 1.93 bits per heavy atom. The zero-order valence-electron chi connectivity index (χ0n) is 22.3. The number of pyridine rings is 2. The van der Waals surface area contributed by atoms with Gasteiger partial charge in [-0.2, -0.15) is 4.31 Å². The molecule has 0 unspecified atom stereocenters. The normalized spacial score (nSPS) is 18.2. The van der Waals surface area contributed by atoms with Crippen molar-refractivity contribution >= 4 is 33.2 Å². The molecule has 1 fully saturated rings. The molecular weight excluding hydrogens is 554 g/mol. The van der Waals surface area contributed by atoms with Crippen molar-refractivity contribution in [2.45, 2.75) is 63.0 Å². The van der Waals surface area contributed by atoms with Crippen LogP contribution in [0, 0.1) is 20.8 Å². The van der Waals surface area contributed by atoms with Gasteiger partial charge in [0.05, 0.1) is 13.0 Å². The highest BCUT2D eigenvalue weighted by Gasteiger charge is 2.52. The highest BCUT2D eigenvalue weighted by Crippen LogP contribution is 2.46. The van der Waals surface area contributed by atoms with Crippen molar-refractivity contribution in [3.05, 3.63) is 81.4 Å². The minimum Gasteiger partial charge on any atom is -0.481 e. The van der Waals surface area contributed by atoms with Gasteiger partial charge >= 0.3 is 5.97 Å². The van der Waals surface area contributed by atoms with Crippen molar-refractivity contribution in [2.24, 2.45) is 0 Å². The number of hydrogen-bond acceptors (Lipinski definition) is 7. The van der Waals surface area contributed by atoms with E-state index in [9.17, 15) is 18.3 Å². The lowest BCUT2D eigenvalue weighted by Gasteiger charge is -2.25. The second-order valence-electron chi connectivity index (χ2n) is 10.7. The molecule has 12 heteroatoms. The van der Waals surface area contributed by atoms with Crippen molar-refractivity contribution < 1.29 is 23.1 Å². The number of carbonyl (C=O) groups is 1. The van der Waals surface area contributed by atoms with E-state index in [1.54, 1.807) is 0 Å². The van der Waals surface area contributed by atoms with E-state index < -0.39 is 27.5 Å². The Morgan fingerprint density at radius 1 is 1.15 bits per heavy atom. The van der Waals surface area contributed by atoms with Crippen molar-refractivity contribution in [1.29, 1.82) is 0 Å². The van der Waals surface area contributed by atoms with Crippen molar-refractivity contribution in [3.8, 4) is 5.88 Å². The van der Waals surface area contributed by atoms with Gasteiger partial charge in [0, 0.05) is 18.7 Å². The van der Waals surface area contributed by atoms with Gasteiger partial charge in [-0.3, -0.25) is 9.20 Å². The molecule has 1 saturated carbocycles. The summed E-state index contributed by atoms with van der Waals surface area (Å²) in [7, 11) is -3.94. The Bertz CT molecular complexity index is 1780. The highest BCUT2D eigenvalue weighted by atomic mass is 35.5. The molecule has 2 aliphatic rings. The van der Waals surface area contributed by atoms with Gasteiger partial charge in [0.2, 0.25) is 15.9 Å². The molecule has 0 bridgehead atoms. The second kappa shape index (κ2) is 9.53. The van der Waals surface area contributed by atoms with Gasteiger partial charge in [-0.15, -0.1) is 10.2 Å². The number of nitrogens with zero attached hydrogens (tertiary/aromatic N) is 5. The number of fused-ring (bicyclic) bond motifs is 2. The number of aliphatic carboxylic acids is 1. The Morgan fingerprint density at radius 3 is 2.65 bits per heavy atom. The fourth-order valence-corrected chi connectivity index (χ4v) is 7.12. The lowest BCUT2D eigenvalue weighted by Crippen LogP contribution is -2.38. The van der Waals surface area contributed by atoms with Crippen LogP contribution in [0.5, 0.6) is 5.88 Å². The average molecular weight is 582 g/mol. The minimum absolute atomic E-state index is 0.00855. The number of hydrogen-bond donors (Lipinski definition) is 1. The molecule has 1 aliphatic heterocycles. The van der Waals surface area contributed by atoms with Crippen LogP contribution in [0.3, 0.4) is 0 Å². The van der Waals surface area contributed by atoms with E-state index in [0.717, 1.165) is 46.5 Å². The third-order valence-corrected chi connectivity index (χ3v) is 9.92. The smallest absolute Gasteiger partial charge is 0.304 e. The molecule has 4 heterocycles. The first-order chi connectivity index (χ1) is 19.0. The number of benzene rings is 1. The second-order valence-corrected chi connectivity index (χ2v) is 13.0. The van der Waals surface area contributed by atoms with E-state index in [1.165, 1.54) is 16.4 Å². The summed E-state index contributed by atoms with van der Waals surface area (Å²) in [6.07, 6.45) is 3.16. The van der Waals surface area contributed by atoms with Gasteiger partial charge in [-0.05, 0) is 79.6 Å². The molecule has 1 N–H and O–H groups in total. The lowest BCUT2D eigenvalue weighted by molar-refractivity contribution is -0.137. The third kappa shape index (κ3) is 4.61. The molecule has 0 saturated heterocycles. The van der Waals surface area contributed by atoms with Crippen LogP contribution in [0.1, 0.15) is 58.8 Å². The topological polar surface area (TPSA) is 127 Å². The van der Waals surface area contributed by atoms with Crippen molar-refractivity contribution in [3.63, 3.8) is 0 Å². The van der Waals surface area contributed by atoms with Crippen LogP contribution in [0.25, 0.3) is 5.65 Å². The summed E-state index contributed by atoms with van der Waals surface area (Å²) in [5.41, 5.74) is 4.20. The molecule has 3 aromatic heterocycles. The average Bonchev–Trinajstić information content (AvgIpc) is 3.56. The van der Waals surface area contributed by atoms with Crippen LogP contribution < -0.4 is 4.74 Å². The maximum atomic E-state index is 13.8. The summed E-state index contributed by atoms with van der Waals surface area (Å²) in [5, 5.41) is 18.4. The van der Waals surface area contributed by atoms with E-state index >= 15 is 0 Å². The minimum atomic E-state index is -3.94. The number of ether oxygens (including phenoxy) is 1. The number of carboxylic acids is 1. The Kier molecular flexibility index (Phi) is 6.36. The number of carboxylic acid groups (broad SMARTS) is 1. The van der Waals surface area contributed by atoms with Gasteiger partial charge < -0.3 is 9.84 Å². The predicted molar refractivity (Wildman–Crippen MR) is 147 cm³/mol. The number of sulfonamides is 1. The zero-order valence-corrected chi connectivity index (χ0v) is 23.8. The highest BCUT2D eigenvalue weighted by molar-refractivity contribution is 7.89. The summed E-state index contributed by atoms with van der Waals surface area (Å²) in [6.45, 7) is 5.99. The fraction of sp³-hybridized carbons (Fsp3) is 0.357. The summed E-state index contributed by atoms with van der Waals surface area (Å²) in [4.78, 5) is 16.2. The van der Waals surface area contributed by atoms with Crippen molar-refractivity contribution in [2.75, 3.05) is 6.54 Å². The summed E-state index contributed by atoms with van der Waals surface area (Å²) in [6, 6.07) is 10.5. The number of rotatable bonds is 6. The van der Waals surface area contributed by atoms with Gasteiger partial charge in [0.1, 0.15) is 21.5 Å². The summed E-state index contributed by atoms with van der Waals surface area (Å²) in [5.74, 6) is -0.624. The third-order valence-electron chi connectivity index (χ3n) is 7.91. The largest absolute Gasteiger partial charge is 0.481 e. The quantitative estimate of drug-likeness (QED) is 0.331. The molecule has 10 nitrogen and oxygen atoms in total. The Labute approximate surface area is 236 Å². The zero-order chi connectivity index (χ0) is 28.4. The Hall–Kier alpha value is -3.54.